The van der Waals surface area contributed by atoms with Crippen molar-refractivity contribution in [3.8, 4) is 0 Å². The molecule has 0 saturated heterocycles. The lowest BCUT2D eigenvalue weighted by atomic mass is 9.97. The molecule has 1 aliphatic rings. The summed E-state index contributed by atoms with van der Waals surface area (Å²) in [4.78, 5) is 10.7. The lowest BCUT2D eigenvalue weighted by Crippen LogP contribution is -2.37. The van der Waals surface area contributed by atoms with E-state index >= 15 is 0 Å². The van der Waals surface area contributed by atoms with E-state index in [0.717, 1.165) is 0 Å². The van der Waals surface area contributed by atoms with Crippen molar-refractivity contribution in [1.29, 1.82) is 0 Å². The fraction of sp³-hybridized carbons (Fsp3) is 0.900. The van der Waals surface area contributed by atoms with Crippen molar-refractivity contribution in [2.24, 2.45) is 23.2 Å². The van der Waals surface area contributed by atoms with Crippen LogP contribution in [0.1, 0.15) is 20.3 Å². The summed E-state index contributed by atoms with van der Waals surface area (Å²) < 4.78 is 73.9. The first kappa shape index (κ1) is 15.1. The summed E-state index contributed by atoms with van der Waals surface area (Å²) in [7, 11) is 0. The van der Waals surface area contributed by atoms with Crippen molar-refractivity contribution in [3.05, 3.63) is 0 Å². The van der Waals surface area contributed by atoms with Crippen molar-refractivity contribution >= 4 is 5.97 Å². The second-order valence-electron chi connectivity index (χ2n) is 5.12. The minimum absolute atomic E-state index is 1.03. The molecule has 1 aliphatic carbocycles. The van der Waals surface area contributed by atoms with Crippen LogP contribution in [0.25, 0.3) is 0 Å². The maximum absolute atomic E-state index is 12.3. The number of rotatable bonds is 3. The Balaban J connectivity index is 2.86. The summed E-state index contributed by atoms with van der Waals surface area (Å²) in [5, 5.41) is 8.72. The van der Waals surface area contributed by atoms with E-state index < -0.39 is 47.9 Å². The largest absolute Gasteiger partial charge is 0.481 e. The normalized spacial score (nSPS) is 27.4. The molecule has 8 heteroatoms. The average Bonchev–Trinajstić information content (AvgIpc) is 2.59. The molecular weight excluding hydrogens is 266 g/mol. The van der Waals surface area contributed by atoms with Gasteiger partial charge in [0.15, 0.2) is 5.92 Å². The maximum Gasteiger partial charge on any atom is 0.400 e. The Hall–Kier alpha value is -0.950. The van der Waals surface area contributed by atoms with Crippen molar-refractivity contribution in [2.75, 3.05) is 0 Å². The first-order valence-electron chi connectivity index (χ1n) is 5.15. The summed E-state index contributed by atoms with van der Waals surface area (Å²) in [6.07, 6.45) is -12.0. The van der Waals surface area contributed by atoms with Gasteiger partial charge in [-0.25, -0.2) is 0 Å². The number of hydrogen-bond donors (Lipinski definition) is 1. The van der Waals surface area contributed by atoms with Gasteiger partial charge >= 0.3 is 18.3 Å². The standard InChI is InChI=1S/C10H12F6O2/c1-8(2)4(6(8)7(17)18)3-5(9(11,12)13)10(14,15)16/h4-6H,3H2,1-2H3,(H,17,18)/t4-,6+/m0/s1. The van der Waals surface area contributed by atoms with Crippen LogP contribution >= 0.6 is 0 Å². The Labute approximate surface area is 99.0 Å². The third-order valence-corrected chi connectivity index (χ3v) is 3.60. The molecule has 0 amide bonds. The molecule has 1 fully saturated rings. The maximum atomic E-state index is 12.3. The van der Waals surface area contributed by atoms with Crippen LogP contribution in [0.3, 0.4) is 0 Å². The zero-order valence-electron chi connectivity index (χ0n) is 9.56. The van der Waals surface area contributed by atoms with Crippen LogP contribution in [0.5, 0.6) is 0 Å². The molecule has 2 atom stereocenters. The van der Waals surface area contributed by atoms with Crippen LogP contribution in [-0.4, -0.2) is 23.4 Å². The molecule has 1 rings (SSSR count). The number of aliphatic carboxylic acids is 1. The number of carboxylic acids is 1. The Bertz CT molecular complexity index is 329. The first-order valence-corrected chi connectivity index (χ1v) is 5.15. The molecule has 0 spiro atoms. The lowest BCUT2D eigenvalue weighted by molar-refractivity contribution is -0.287. The minimum Gasteiger partial charge on any atom is -0.481 e. The third kappa shape index (κ3) is 2.72. The van der Waals surface area contributed by atoms with Gasteiger partial charge in [0.2, 0.25) is 0 Å². The fourth-order valence-corrected chi connectivity index (χ4v) is 2.38. The van der Waals surface area contributed by atoms with Crippen molar-refractivity contribution in [3.63, 3.8) is 0 Å². The molecule has 0 heterocycles. The van der Waals surface area contributed by atoms with E-state index in [1.165, 1.54) is 13.8 Å². The molecule has 0 aromatic heterocycles. The van der Waals surface area contributed by atoms with Gasteiger partial charge in [-0.05, 0) is 17.8 Å². The van der Waals surface area contributed by atoms with Gasteiger partial charge < -0.3 is 5.11 Å². The minimum atomic E-state index is -5.40. The van der Waals surface area contributed by atoms with Crippen LogP contribution in [0, 0.1) is 23.2 Å². The van der Waals surface area contributed by atoms with Crippen LogP contribution in [-0.2, 0) is 4.79 Å². The summed E-state index contributed by atoms with van der Waals surface area (Å²) in [6.45, 7) is 2.72. The summed E-state index contributed by atoms with van der Waals surface area (Å²) in [6, 6.07) is 0. The highest BCUT2D eigenvalue weighted by Crippen LogP contribution is 2.63. The molecule has 0 unspecified atom stereocenters. The lowest BCUT2D eigenvalue weighted by Gasteiger charge is -2.23. The molecule has 0 aromatic rings. The van der Waals surface area contributed by atoms with Crippen LogP contribution < -0.4 is 0 Å². The SMILES string of the molecule is CC1(C)[C@@H](CC(C(F)(F)F)C(F)(F)F)[C@@H]1C(=O)O. The molecular formula is C10H12F6O2. The molecule has 0 radical (unpaired) electrons. The van der Waals surface area contributed by atoms with Gasteiger partial charge in [-0.3, -0.25) is 4.79 Å². The number of carboxylic acid groups (broad SMARTS) is 1. The fourth-order valence-electron chi connectivity index (χ4n) is 2.38. The van der Waals surface area contributed by atoms with E-state index in [9.17, 15) is 31.1 Å². The van der Waals surface area contributed by atoms with E-state index in [1.807, 2.05) is 0 Å². The highest BCUT2D eigenvalue weighted by Gasteiger charge is 2.67. The molecule has 0 aliphatic heterocycles. The zero-order valence-corrected chi connectivity index (χ0v) is 9.56. The molecule has 18 heavy (non-hydrogen) atoms. The topological polar surface area (TPSA) is 37.3 Å². The predicted molar refractivity (Wildman–Crippen MR) is 48.6 cm³/mol. The molecule has 106 valence electrons. The Morgan fingerprint density at radius 1 is 1.17 bits per heavy atom. The first-order chi connectivity index (χ1) is 7.79. The van der Waals surface area contributed by atoms with Crippen LogP contribution in [0.2, 0.25) is 0 Å². The van der Waals surface area contributed by atoms with Crippen LogP contribution in [0.4, 0.5) is 26.3 Å². The van der Waals surface area contributed by atoms with E-state index in [0.29, 0.717) is 0 Å². The van der Waals surface area contributed by atoms with Gasteiger partial charge in [0.1, 0.15) is 0 Å². The van der Waals surface area contributed by atoms with Crippen molar-refractivity contribution in [1.82, 2.24) is 0 Å². The molecule has 2 nitrogen and oxygen atoms in total. The summed E-state index contributed by atoms with van der Waals surface area (Å²) in [5.74, 6) is -7.07. The van der Waals surface area contributed by atoms with Gasteiger partial charge in [-0.15, -0.1) is 0 Å². The Morgan fingerprint density at radius 2 is 1.56 bits per heavy atom. The highest BCUT2D eigenvalue weighted by atomic mass is 19.4. The van der Waals surface area contributed by atoms with Crippen LogP contribution in [0.15, 0.2) is 0 Å². The van der Waals surface area contributed by atoms with E-state index in [2.05, 4.69) is 0 Å². The van der Waals surface area contributed by atoms with Gasteiger partial charge in [0.25, 0.3) is 0 Å². The van der Waals surface area contributed by atoms with E-state index in [4.69, 9.17) is 5.11 Å². The van der Waals surface area contributed by atoms with E-state index in [-0.39, 0.29) is 0 Å². The molecule has 0 aromatic carbocycles. The monoisotopic (exact) mass is 278 g/mol. The predicted octanol–water partition coefficient (Wildman–Crippen LogP) is 3.47. The number of hydrogen-bond acceptors (Lipinski definition) is 1. The summed E-state index contributed by atoms with van der Waals surface area (Å²) in [5.41, 5.74) is -1.03. The van der Waals surface area contributed by atoms with Crippen molar-refractivity contribution in [2.45, 2.75) is 32.6 Å². The quantitative estimate of drug-likeness (QED) is 0.802. The second kappa shape index (κ2) is 4.03. The van der Waals surface area contributed by atoms with Gasteiger partial charge in [0.05, 0.1) is 5.92 Å². The average molecular weight is 278 g/mol. The summed E-state index contributed by atoms with van der Waals surface area (Å²) >= 11 is 0. The molecule has 0 bridgehead atoms. The number of carbonyl (C=O) groups is 1. The van der Waals surface area contributed by atoms with Gasteiger partial charge in [-0.2, -0.15) is 26.3 Å². The smallest absolute Gasteiger partial charge is 0.400 e. The highest BCUT2D eigenvalue weighted by molar-refractivity contribution is 5.75. The Kier molecular flexibility index (Phi) is 3.38. The Morgan fingerprint density at radius 3 is 1.78 bits per heavy atom. The number of alkyl halides is 6. The van der Waals surface area contributed by atoms with Gasteiger partial charge in [-0.1, -0.05) is 13.8 Å². The second-order valence-corrected chi connectivity index (χ2v) is 5.12. The third-order valence-electron chi connectivity index (χ3n) is 3.60. The number of halogens is 6. The van der Waals surface area contributed by atoms with Crippen molar-refractivity contribution < 1.29 is 36.2 Å². The molecule has 1 saturated carbocycles. The zero-order chi connectivity index (χ0) is 14.5. The van der Waals surface area contributed by atoms with Gasteiger partial charge in [0, 0.05) is 0 Å². The van der Waals surface area contributed by atoms with E-state index in [1.54, 1.807) is 0 Å². The molecule has 1 N–H and O–H groups in total.